The largest absolute Gasteiger partial charge is 0.492 e. The van der Waals surface area contributed by atoms with Crippen LogP contribution in [0.5, 0.6) is 11.5 Å². The lowest BCUT2D eigenvalue weighted by molar-refractivity contribution is -0.132. The highest BCUT2D eigenvalue weighted by molar-refractivity contribution is 6.07. The molecule has 1 saturated heterocycles. The number of allylic oxidation sites excluding steroid dienone is 1. The lowest BCUT2D eigenvalue weighted by Crippen LogP contribution is -2.41. The number of rotatable bonds is 3. The van der Waals surface area contributed by atoms with Gasteiger partial charge in [0, 0.05) is 55.3 Å². The minimum atomic E-state index is -0.513. The molecule has 0 aliphatic carbocycles. The Bertz CT molecular complexity index is 1470. The van der Waals surface area contributed by atoms with E-state index in [9.17, 15) is 14.0 Å². The van der Waals surface area contributed by atoms with Gasteiger partial charge >= 0.3 is 0 Å². The fourth-order valence-corrected chi connectivity index (χ4v) is 5.86. The Morgan fingerprint density at radius 1 is 1.23 bits per heavy atom. The molecule has 3 aromatic rings. The maximum atomic E-state index is 14.6. The standard InChI is InChI=1S/C30H32FN5O4/c1-39-29-21(31)8-4-9-22(29)34-28-25-26-19(14-33-30(25)38)7-2-3-10-24(37)36-13-5-6-18(16-36)17-40-23-15-32-12-11-20(23)27(28)35-26/h2-4,8-9,11-12,15,18-19,34-35H,5-7,10,13-14,16-17H2,1H3,(H,33,38)/b3-2+. The van der Waals surface area contributed by atoms with E-state index in [1.54, 1.807) is 24.5 Å². The summed E-state index contributed by atoms with van der Waals surface area (Å²) in [5, 5.41) is 6.30. The molecule has 208 valence electrons. The molecule has 40 heavy (non-hydrogen) atoms. The van der Waals surface area contributed by atoms with Crippen molar-refractivity contribution in [3.63, 3.8) is 0 Å². The molecule has 0 saturated carbocycles. The third kappa shape index (κ3) is 4.89. The van der Waals surface area contributed by atoms with Gasteiger partial charge < -0.3 is 30.0 Å². The summed E-state index contributed by atoms with van der Waals surface area (Å²) in [6, 6.07) is 6.46. The number of anilines is 2. The van der Waals surface area contributed by atoms with E-state index in [1.165, 1.54) is 13.2 Å². The molecule has 0 spiro atoms. The van der Waals surface area contributed by atoms with Gasteiger partial charge in [-0.3, -0.25) is 14.6 Å². The summed E-state index contributed by atoms with van der Waals surface area (Å²) in [7, 11) is 1.41. The van der Waals surface area contributed by atoms with E-state index in [-0.39, 0.29) is 29.4 Å². The van der Waals surface area contributed by atoms with Gasteiger partial charge in [0.25, 0.3) is 5.91 Å². The van der Waals surface area contributed by atoms with Crippen LogP contribution < -0.4 is 20.1 Å². The topological polar surface area (TPSA) is 109 Å². The van der Waals surface area contributed by atoms with Gasteiger partial charge in [-0.15, -0.1) is 0 Å². The number of piperidine rings is 1. The van der Waals surface area contributed by atoms with Crippen molar-refractivity contribution >= 4 is 23.2 Å². The average molecular weight is 546 g/mol. The molecule has 4 bridgehead atoms. The lowest BCUT2D eigenvalue weighted by Gasteiger charge is -2.32. The average Bonchev–Trinajstić information content (AvgIpc) is 3.35. The summed E-state index contributed by atoms with van der Waals surface area (Å²) >= 11 is 0. The number of benzene rings is 1. The summed E-state index contributed by atoms with van der Waals surface area (Å²) in [5.41, 5.74) is 3.49. The minimum absolute atomic E-state index is 0.0511. The van der Waals surface area contributed by atoms with Gasteiger partial charge in [0.15, 0.2) is 11.6 Å². The van der Waals surface area contributed by atoms with E-state index in [0.29, 0.717) is 60.9 Å². The highest BCUT2D eigenvalue weighted by Crippen LogP contribution is 2.44. The number of H-pyrrole nitrogens is 1. The number of methoxy groups -OCH3 is 1. The van der Waals surface area contributed by atoms with E-state index >= 15 is 0 Å². The van der Waals surface area contributed by atoms with Crippen LogP contribution in [0.4, 0.5) is 15.8 Å². The molecule has 6 rings (SSSR count). The van der Waals surface area contributed by atoms with Crippen LogP contribution in [0.15, 0.2) is 48.8 Å². The number of pyridine rings is 1. The smallest absolute Gasteiger partial charge is 0.255 e. The van der Waals surface area contributed by atoms with Crippen molar-refractivity contribution in [1.29, 1.82) is 0 Å². The second-order valence-electron chi connectivity index (χ2n) is 10.5. The predicted octanol–water partition coefficient (Wildman–Crippen LogP) is 4.76. The number of carbonyl (C=O) groups is 2. The second kappa shape index (κ2) is 11.0. The van der Waals surface area contributed by atoms with Crippen molar-refractivity contribution in [2.75, 3.05) is 38.7 Å². The molecule has 2 unspecified atom stereocenters. The highest BCUT2D eigenvalue weighted by Gasteiger charge is 2.34. The molecule has 0 radical (unpaired) electrons. The van der Waals surface area contributed by atoms with Crippen LogP contribution in [0, 0.1) is 11.7 Å². The Labute approximate surface area is 231 Å². The molecule has 3 N–H and O–H groups in total. The first-order chi connectivity index (χ1) is 19.5. The summed E-state index contributed by atoms with van der Waals surface area (Å²) in [6.45, 7) is 2.30. The molecular weight excluding hydrogens is 513 g/mol. The molecule has 5 heterocycles. The van der Waals surface area contributed by atoms with Gasteiger partial charge in [0.2, 0.25) is 5.91 Å². The van der Waals surface area contributed by atoms with Gasteiger partial charge in [-0.05, 0) is 37.5 Å². The molecule has 3 aliphatic rings. The van der Waals surface area contributed by atoms with E-state index in [0.717, 1.165) is 30.6 Å². The molecule has 1 fully saturated rings. The maximum absolute atomic E-state index is 14.6. The van der Waals surface area contributed by atoms with Crippen molar-refractivity contribution < 1.29 is 23.5 Å². The van der Waals surface area contributed by atoms with Crippen molar-refractivity contribution in [2.24, 2.45) is 5.92 Å². The van der Waals surface area contributed by atoms with Crippen LogP contribution in [0.1, 0.15) is 47.7 Å². The molecule has 2 atom stereocenters. The molecule has 1 aromatic carbocycles. The van der Waals surface area contributed by atoms with Gasteiger partial charge in [0.05, 0.1) is 42.5 Å². The molecule has 2 amide bonds. The Morgan fingerprint density at radius 3 is 3.00 bits per heavy atom. The zero-order valence-corrected chi connectivity index (χ0v) is 22.3. The molecule has 2 aromatic heterocycles. The maximum Gasteiger partial charge on any atom is 0.255 e. The number of nitrogens with zero attached hydrogens (tertiary/aromatic N) is 2. The molecule has 3 aliphatic heterocycles. The monoisotopic (exact) mass is 545 g/mol. The predicted molar refractivity (Wildman–Crippen MR) is 149 cm³/mol. The van der Waals surface area contributed by atoms with E-state index in [4.69, 9.17) is 9.47 Å². The highest BCUT2D eigenvalue weighted by atomic mass is 19.1. The zero-order chi connectivity index (χ0) is 27.6. The zero-order valence-electron chi connectivity index (χ0n) is 22.3. The number of para-hydroxylation sites is 1. The first-order valence-electron chi connectivity index (χ1n) is 13.7. The first-order valence-corrected chi connectivity index (χ1v) is 13.7. The van der Waals surface area contributed by atoms with Crippen LogP contribution in [0.25, 0.3) is 11.3 Å². The summed E-state index contributed by atoms with van der Waals surface area (Å²) in [5.74, 6) is 0.121. The van der Waals surface area contributed by atoms with Crippen molar-refractivity contribution in [3.05, 3.63) is 65.9 Å². The van der Waals surface area contributed by atoms with Gasteiger partial charge in [0.1, 0.15) is 5.75 Å². The van der Waals surface area contributed by atoms with Crippen molar-refractivity contribution in [1.82, 2.24) is 20.2 Å². The van der Waals surface area contributed by atoms with Crippen LogP contribution in [0.3, 0.4) is 0 Å². The van der Waals surface area contributed by atoms with E-state index in [2.05, 4.69) is 20.6 Å². The van der Waals surface area contributed by atoms with Crippen molar-refractivity contribution in [2.45, 2.75) is 31.6 Å². The van der Waals surface area contributed by atoms with Gasteiger partial charge in [-0.1, -0.05) is 18.2 Å². The van der Waals surface area contributed by atoms with E-state index in [1.807, 2.05) is 23.1 Å². The summed E-state index contributed by atoms with van der Waals surface area (Å²) in [6.07, 6.45) is 10.2. The number of nitrogens with one attached hydrogen (secondary N) is 3. The molecule has 10 heteroatoms. The van der Waals surface area contributed by atoms with Crippen LogP contribution in [-0.4, -0.2) is 60.0 Å². The fraction of sp³-hybridized carbons (Fsp3) is 0.367. The number of fused-ring (bicyclic) bond motifs is 5. The second-order valence-corrected chi connectivity index (χ2v) is 10.5. The number of carbonyl (C=O) groups excluding carboxylic acids is 2. The van der Waals surface area contributed by atoms with Crippen LogP contribution in [0.2, 0.25) is 0 Å². The van der Waals surface area contributed by atoms with Crippen molar-refractivity contribution in [3.8, 4) is 22.8 Å². The Kier molecular flexibility index (Phi) is 7.15. The Balaban J connectivity index is 1.49. The van der Waals surface area contributed by atoms with Gasteiger partial charge in [-0.25, -0.2) is 4.39 Å². The minimum Gasteiger partial charge on any atom is -0.492 e. The number of aromatic nitrogens is 2. The number of ether oxygens (including phenoxy) is 2. The third-order valence-corrected chi connectivity index (χ3v) is 7.88. The van der Waals surface area contributed by atoms with Crippen LogP contribution in [-0.2, 0) is 4.79 Å². The Hall–Kier alpha value is -4.34. The lowest BCUT2D eigenvalue weighted by atomic mass is 9.93. The quantitative estimate of drug-likeness (QED) is 0.410. The number of aromatic amines is 1. The summed E-state index contributed by atoms with van der Waals surface area (Å²) < 4.78 is 26.3. The third-order valence-electron chi connectivity index (χ3n) is 7.88. The molecular formula is C30H32FN5O4. The number of amides is 2. The van der Waals surface area contributed by atoms with Crippen LogP contribution >= 0.6 is 0 Å². The number of hydrogen-bond acceptors (Lipinski definition) is 6. The van der Waals surface area contributed by atoms with E-state index < -0.39 is 5.82 Å². The fourth-order valence-electron chi connectivity index (χ4n) is 5.86. The molecule has 9 nitrogen and oxygen atoms in total. The Morgan fingerprint density at radius 2 is 2.12 bits per heavy atom. The van der Waals surface area contributed by atoms with Gasteiger partial charge in [-0.2, -0.15) is 0 Å². The number of hydrogen-bond donors (Lipinski definition) is 3. The SMILES string of the molecule is COc1c(F)cccc1Nc1c2[nH]c3c1C(=O)NCC3C/C=C/CC(=O)N1CCCC(COc3cnccc3-2)C1. The summed E-state index contributed by atoms with van der Waals surface area (Å²) in [4.78, 5) is 36.0. The normalized spacial score (nSPS) is 21.6. The number of halogens is 1. The first kappa shape index (κ1) is 25.9.